The Morgan fingerprint density at radius 3 is 2.79 bits per heavy atom. The molecular weight excluding hydrogens is 244 g/mol. The molecule has 1 aliphatic heterocycles. The van der Waals surface area contributed by atoms with Gasteiger partial charge in [0, 0.05) is 25.8 Å². The molecule has 1 atom stereocenters. The Morgan fingerprint density at radius 2 is 2.21 bits per heavy atom. The van der Waals surface area contributed by atoms with Crippen molar-refractivity contribution in [1.29, 1.82) is 0 Å². The minimum Gasteiger partial charge on any atom is -0.359 e. The molecule has 1 fully saturated rings. The van der Waals surface area contributed by atoms with E-state index >= 15 is 0 Å². The molecule has 1 saturated heterocycles. The lowest BCUT2D eigenvalue weighted by atomic mass is 10.1. The lowest BCUT2D eigenvalue weighted by Crippen LogP contribution is -2.35. The Hall–Kier alpha value is -1.85. The molecule has 1 aromatic rings. The predicted octanol–water partition coefficient (Wildman–Crippen LogP) is 0.0944. The highest BCUT2D eigenvalue weighted by Gasteiger charge is 2.30. The van der Waals surface area contributed by atoms with Gasteiger partial charge in [-0.05, 0) is 26.3 Å². The van der Waals surface area contributed by atoms with Gasteiger partial charge in [0.15, 0.2) is 0 Å². The first-order valence-corrected chi connectivity index (χ1v) is 6.51. The van der Waals surface area contributed by atoms with Crippen LogP contribution in [0, 0.1) is 19.8 Å². The smallest absolute Gasteiger partial charge is 0.244 e. The molecule has 0 bridgehead atoms. The van der Waals surface area contributed by atoms with E-state index in [0.29, 0.717) is 13.1 Å². The fourth-order valence-corrected chi connectivity index (χ4v) is 2.47. The summed E-state index contributed by atoms with van der Waals surface area (Å²) in [7, 11) is 1.63. The van der Waals surface area contributed by atoms with Crippen molar-refractivity contribution in [2.75, 3.05) is 20.1 Å². The van der Waals surface area contributed by atoms with Crippen molar-refractivity contribution < 1.29 is 9.59 Å². The number of hydrogen-bond acceptors (Lipinski definition) is 3. The molecule has 0 aliphatic carbocycles. The van der Waals surface area contributed by atoms with Crippen LogP contribution in [0.5, 0.6) is 0 Å². The summed E-state index contributed by atoms with van der Waals surface area (Å²) in [5, 5.41) is 6.92. The molecule has 1 unspecified atom stereocenters. The molecule has 2 rings (SSSR count). The van der Waals surface area contributed by atoms with Crippen LogP contribution < -0.4 is 5.32 Å². The summed E-state index contributed by atoms with van der Waals surface area (Å²) in [6, 6.07) is 1.95. The quantitative estimate of drug-likeness (QED) is 0.841. The molecule has 1 N–H and O–H groups in total. The maximum absolute atomic E-state index is 12.2. The summed E-state index contributed by atoms with van der Waals surface area (Å²) in [5.74, 6) is -0.0339. The minimum absolute atomic E-state index is 0.0152. The van der Waals surface area contributed by atoms with Crippen molar-refractivity contribution in [2.45, 2.75) is 26.8 Å². The third kappa shape index (κ3) is 2.94. The average Bonchev–Trinajstić information content (AvgIpc) is 2.96. The number of aromatic nitrogens is 2. The lowest BCUT2D eigenvalue weighted by Gasteiger charge is -2.16. The maximum atomic E-state index is 12.2. The molecule has 2 heterocycles. The number of nitrogens with one attached hydrogen (secondary N) is 1. The normalized spacial score (nSPS) is 18.7. The molecule has 19 heavy (non-hydrogen) atoms. The molecule has 2 amide bonds. The SMILES string of the molecule is CNC(=O)C1CCN(C(=O)Cn2nc(C)cc2C)C1. The fourth-order valence-electron chi connectivity index (χ4n) is 2.47. The van der Waals surface area contributed by atoms with Crippen LogP contribution in [-0.4, -0.2) is 46.6 Å². The zero-order chi connectivity index (χ0) is 14.0. The zero-order valence-electron chi connectivity index (χ0n) is 11.6. The molecule has 1 aromatic heterocycles. The van der Waals surface area contributed by atoms with E-state index in [9.17, 15) is 9.59 Å². The standard InChI is InChI=1S/C13H20N4O2/c1-9-6-10(2)17(15-9)8-12(18)16-5-4-11(7-16)13(19)14-3/h6,11H,4-5,7-8H2,1-3H3,(H,14,19). The van der Waals surface area contributed by atoms with Gasteiger partial charge in [0.25, 0.3) is 0 Å². The molecule has 0 aromatic carbocycles. The van der Waals surface area contributed by atoms with E-state index in [-0.39, 0.29) is 24.3 Å². The third-order valence-corrected chi connectivity index (χ3v) is 3.55. The second-order valence-electron chi connectivity index (χ2n) is 5.02. The van der Waals surface area contributed by atoms with Crippen molar-refractivity contribution in [1.82, 2.24) is 20.0 Å². The van der Waals surface area contributed by atoms with Gasteiger partial charge in [-0.25, -0.2) is 0 Å². The summed E-state index contributed by atoms with van der Waals surface area (Å²) in [6.45, 7) is 5.25. The van der Waals surface area contributed by atoms with Crippen LogP contribution in [0.15, 0.2) is 6.07 Å². The van der Waals surface area contributed by atoms with Crippen molar-refractivity contribution >= 4 is 11.8 Å². The minimum atomic E-state index is -0.0746. The number of nitrogens with zero attached hydrogens (tertiary/aromatic N) is 3. The monoisotopic (exact) mass is 264 g/mol. The number of carbonyl (C=O) groups excluding carboxylic acids is 2. The van der Waals surface area contributed by atoms with Crippen LogP contribution in [0.2, 0.25) is 0 Å². The lowest BCUT2D eigenvalue weighted by molar-refractivity contribution is -0.131. The number of hydrogen-bond donors (Lipinski definition) is 1. The van der Waals surface area contributed by atoms with Gasteiger partial charge in [0.1, 0.15) is 6.54 Å². The van der Waals surface area contributed by atoms with E-state index in [2.05, 4.69) is 10.4 Å². The van der Waals surface area contributed by atoms with Crippen molar-refractivity contribution in [3.05, 3.63) is 17.5 Å². The summed E-state index contributed by atoms with van der Waals surface area (Å²) < 4.78 is 1.71. The van der Waals surface area contributed by atoms with Crippen LogP contribution >= 0.6 is 0 Å². The van der Waals surface area contributed by atoms with Gasteiger partial charge in [-0.15, -0.1) is 0 Å². The fraction of sp³-hybridized carbons (Fsp3) is 0.615. The summed E-state index contributed by atoms with van der Waals surface area (Å²) in [5.41, 5.74) is 1.89. The predicted molar refractivity (Wildman–Crippen MR) is 70.5 cm³/mol. The van der Waals surface area contributed by atoms with Gasteiger partial charge in [-0.2, -0.15) is 5.10 Å². The van der Waals surface area contributed by atoms with Gasteiger partial charge in [0.2, 0.25) is 11.8 Å². The third-order valence-electron chi connectivity index (χ3n) is 3.55. The Bertz CT molecular complexity index is 495. The Kier molecular flexibility index (Phi) is 3.87. The molecule has 1 aliphatic rings. The summed E-state index contributed by atoms with van der Waals surface area (Å²) in [6.07, 6.45) is 0.739. The van der Waals surface area contributed by atoms with Crippen LogP contribution in [0.3, 0.4) is 0 Å². The van der Waals surface area contributed by atoms with Crippen LogP contribution in [0.1, 0.15) is 17.8 Å². The number of amides is 2. The molecule has 0 radical (unpaired) electrons. The first-order valence-electron chi connectivity index (χ1n) is 6.51. The first-order chi connectivity index (χ1) is 9.01. The molecule has 0 saturated carbocycles. The van der Waals surface area contributed by atoms with E-state index in [1.54, 1.807) is 16.6 Å². The maximum Gasteiger partial charge on any atom is 0.244 e. The number of carbonyl (C=O) groups is 2. The van der Waals surface area contributed by atoms with Gasteiger partial charge in [-0.3, -0.25) is 14.3 Å². The number of aryl methyl sites for hydroxylation is 2. The van der Waals surface area contributed by atoms with Crippen molar-refractivity contribution in [2.24, 2.45) is 5.92 Å². The summed E-state index contributed by atoms with van der Waals surface area (Å²) >= 11 is 0. The van der Waals surface area contributed by atoms with Gasteiger partial charge in [0.05, 0.1) is 11.6 Å². The van der Waals surface area contributed by atoms with E-state index in [1.165, 1.54) is 0 Å². The first kappa shape index (κ1) is 13.6. The second kappa shape index (κ2) is 5.42. The van der Waals surface area contributed by atoms with E-state index in [1.807, 2.05) is 19.9 Å². The largest absolute Gasteiger partial charge is 0.359 e. The molecule has 6 nitrogen and oxygen atoms in total. The zero-order valence-corrected chi connectivity index (χ0v) is 11.6. The highest BCUT2D eigenvalue weighted by molar-refractivity contribution is 5.81. The van der Waals surface area contributed by atoms with Crippen LogP contribution in [0.4, 0.5) is 0 Å². The number of rotatable bonds is 3. The van der Waals surface area contributed by atoms with Crippen LogP contribution in [-0.2, 0) is 16.1 Å². The Balaban J connectivity index is 1.95. The van der Waals surface area contributed by atoms with Gasteiger partial charge in [-0.1, -0.05) is 0 Å². The average molecular weight is 264 g/mol. The van der Waals surface area contributed by atoms with Gasteiger partial charge < -0.3 is 10.2 Å². The highest BCUT2D eigenvalue weighted by Crippen LogP contribution is 2.17. The number of likely N-dealkylation sites (tertiary alicyclic amines) is 1. The molecule has 0 spiro atoms. The topological polar surface area (TPSA) is 67.2 Å². The van der Waals surface area contributed by atoms with Crippen molar-refractivity contribution in [3.8, 4) is 0 Å². The Morgan fingerprint density at radius 1 is 1.47 bits per heavy atom. The molecule has 6 heteroatoms. The Labute approximate surface area is 112 Å². The second-order valence-corrected chi connectivity index (χ2v) is 5.02. The van der Waals surface area contributed by atoms with E-state index in [4.69, 9.17) is 0 Å². The van der Waals surface area contributed by atoms with Crippen molar-refractivity contribution in [3.63, 3.8) is 0 Å². The van der Waals surface area contributed by atoms with Crippen LogP contribution in [0.25, 0.3) is 0 Å². The van der Waals surface area contributed by atoms with E-state index < -0.39 is 0 Å². The molecule has 104 valence electrons. The molecular formula is C13H20N4O2. The van der Waals surface area contributed by atoms with E-state index in [0.717, 1.165) is 17.8 Å². The highest BCUT2D eigenvalue weighted by atomic mass is 16.2. The summed E-state index contributed by atoms with van der Waals surface area (Å²) in [4.78, 5) is 25.4. The van der Waals surface area contributed by atoms with Gasteiger partial charge >= 0.3 is 0 Å².